The molecule has 0 bridgehead atoms. The lowest BCUT2D eigenvalue weighted by molar-refractivity contribution is -0.137. The molecule has 1 heterocycles. The highest BCUT2D eigenvalue weighted by Crippen LogP contribution is 2.36. The molecule has 1 aliphatic heterocycles. The van der Waals surface area contributed by atoms with Gasteiger partial charge in [-0.2, -0.15) is 0 Å². The number of rotatable bonds is 6. The van der Waals surface area contributed by atoms with E-state index in [1.807, 2.05) is 54.6 Å². The van der Waals surface area contributed by atoms with E-state index in [0.29, 0.717) is 32.7 Å². The maximum Gasteiger partial charge on any atom is 0.330 e. The van der Waals surface area contributed by atoms with Crippen LogP contribution in [0.1, 0.15) is 30.9 Å². The highest BCUT2D eigenvalue weighted by Gasteiger charge is 2.41. The van der Waals surface area contributed by atoms with E-state index >= 15 is 0 Å². The van der Waals surface area contributed by atoms with Crippen molar-refractivity contribution < 1.29 is 19.1 Å². The first-order chi connectivity index (χ1) is 13.6. The molecule has 0 saturated carbocycles. The minimum absolute atomic E-state index is 0.0168. The largest absolute Gasteiger partial charge is 0.463 e. The lowest BCUT2D eigenvalue weighted by Gasteiger charge is -2.36. The molecule has 146 valence electrons. The van der Waals surface area contributed by atoms with E-state index in [1.54, 1.807) is 13.0 Å². The molecular weight excluding hydrogens is 354 g/mol. The van der Waals surface area contributed by atoms with Crippen LogP contribution >= 0.6 is 0 Å². The van der Waals surface area contributed by atoms with Crippen LogP contribution in [0.3, 0.4) is 0 Å². The van der Waals surface area contributed by atoms with Crippen molar-refractivity contribution in [3.05, 3.63) is 71.8 Å². The molecule has 1 saturated heterocycles. The number of esters is 1. The van der Waals surface area contributed by atoms with Crippen LogP contribution in [0.4, 0.5) is 5.69 Å². The molecule has 0 aliphatic carbocycles. The fraction of sp³-hybridized carbons (Fsp3) is 0.304. The Morgan fingerprint density at radius 2 is 1.75 bits per heavy atom. The Labute approximate surface area is 165 Å². The zero-order chi connectivity index (χ0) is 19.8. The molecule has 5 nitrogen and oxygen atoms in total. The third kappa shape index (κ3) is 4.67. The summed E-state index contributed by atoms with van der Waals surface area (Å²) in [5.74, 6) is -0.388. The number of amides is 1. The molecule has 0 unspecified atom stereocenters. The second-order valence-electron chi connectivity index (χ2n) is 6.72. The van der Waals surface area contributed by atoms with E-state index in [9.17, 15) is 9.59 Å². The quantitative estimate of drug-likeness (QED) is 0.610. The average molecular weight is 379 g/mol. The number of anilines is 1. The van der Waals surface area contributed by atoms with Gasteiger partial charge in [0.05, 0.1) is 12.0 Å². The van der Waals surface area contributed by atoms with Gasteiger partial charge in [-0.05, 0) is 49.1 Å². The second-order valence-corrected chi connectivity index (χ2v) is 6.72. The molecule has 0 atom stereocenters. The minimum Gasteiger partial charge on any atom is -0.463 e. The summed E-state index contributed by atoms with van der Waals surface area (Å²) in [5, 5.41) is 3.05. The Morgan fingerprint density at radius 1 is 1.07 bits per heavy atom. The van der Waals surface area contributed by atoms with Crippen LogP contribution in [0.2, 0.25) is 0 Å². The van der Waals surface area contributed by atoms with E-state index in [2.05, 4.69) is 5.32 Å². The van der Waals surface area contributed by atoms with Crippen LogP contribution in [-0.2, 0) is 24.5 Å². The summed E-state index contributed by atoms with van der Waals surface area (Å²) in [7, 11) is 0. The molecule has 3 rings (SSSR count). The third-order valence-electron chi connectivity index (χ3n) is 4.97. The Hall–Kier alpha value is -2.92. The highest BCUT2D eigenvalue weighted by molar-refractivity contribution is 5.99. The molecule has 0 radical (unpaired) electrons. The van der Waals surface area contributed by atoms with Crippen molar-refractivity contribution in [2.24, 2.45) is 0 Å². The van der Waals surface area contributed by atoms with Gasteiger partial charge in [-0.1, -0.05) is 42.5 Å². The molecule has 5 heteroatoms. The van der Waals surface area contributed by atoms with E-state index in [-0.39, 0.29) is 11.9 Å². The van der Waals surface area contributed by atoms with Crippen molar-refractivity contribution in [2.45, 2.75) is 25.2 Å². The van der Waals surface area contributed by atoms with Gasteiger partial charge >= 0.3 is 5.97 Å². The molecule has 2 aromatic rings. The monoisotopic (exact) mass is 379 g/mol. The molecule has 28 heavy (non-hydrogen) atoms. The maximum atomic E-state index is 13.2. The van der Waals surface area contributed by atoms with Crippen LogP contribution in [0, 0.1) is 0 Å². The van der Waals surface area contributed by atoms with Gasteiger partial charge in [-0.15, -0.1) is 0 Å². The van der Waals surface area contributed by atoms with Gasteiger partial charge in [0.15, 0.2) is 0 Å². The fourth-order valence-corrected chi connectivity index (χ4v) is 3.41. The van der Waals surface area contributed by atoms with Crippen LogP contribution < -0.4 is 5.32 Å². The van der Waals surface area contributed by atoms with Gasteiger partial charge in [-0.25, -0.2) is 4.79 Å². The first kappa shape index (κ1) is 19.8. The summed E-state index contributed by atoms with van der Waals surface area (Å²) in [6, 6.07) is 17.3. The Morgan fingerprint density at radius 3 is 2.39 bits per heavy atom. The van der Waals surface area contributed by atoms with Crippen molar-refractivity contribution >= 4 is 23.6 Å². The fourth-order valence-electron chi connectivity index (χ4n) is 3.41. The molecule has 1 N–H and O–H groups in total. The molecule has 0 spiro atoms. The number of carbonyl (C=O) groups excluding carboxylic acids is 2. The van der Waals surface area contributed by atoms with Crippen LogP contribution in [0.25, 0.3) is 6.08 Å². The summed E-state index contributed by atoms with van der Waals surface area (Å²) in [6.07, 6.45) is 4.39. The first-order valence-electron chi connectivity index (χ1n) is 9.54. The number of carbonyl (C=O) groups is 2. The molecule has 2 aromatic carbocycles. The zero-order valence-corrected chi connectivity index (χ0v) is 16.0. The Bertz CT molecular complexity index is 821. The maximum absolute atomic E-state index is 13.2. The predicted molar refractivity (Wildman–Crippen MR) is 109 cm³/mol. The summed E-state index contributed by atoms with van der Waals surface area (Å²) >= 11 is 0. The molecule has 1 amide bonds. The van der Waals surface area contributed by atoms with Crippen molar-refractivity contribution in [3.63, 3.8) is 0 Å². The van der Waals surface area contributed by atoms with Crippen molar-refractivity contribution in [3.8, 4) is 0 Å². The molecular formula is C23H25NO4. The van der Waals surface area contributed by atoms with Crippen molar-refractivity contribution in [2.75, 3.05) is 25.1 Å². The van der Waals surface area contributed by atoms with Crippen LogP contribution in [0.15, 0.2) is 60.7 Å². The normalized spacial score (nSPS) is 15.9. The smallest absolute Gasteiger partial charge is 0.330 e. The summed E-state index contributed by atoms with van der Waals surface area (Å²) in [5.41, 5.74) is 2.02. The van der Waals surface area contributed by atoms with E-state index in [1.165, 1.54) is 6.08 Å². The molecule has 1 fully saturated rings. The SMILES string of the molecule is CCOC(=O)/C=C/c1ccc(NC(=O)C2(c3ccccc3)CCOCC2)cc1. The van der Waals surface area contributed by atoms with Crippen molar-refractivity contribution in [1.82, 2.24) is 0 Å². The van der Waals surface area contributed by atoms with Gasteiger partial charge in [0.1, 0.15) is 0 Å². The highest BCUT2D eigenvalue weighted by atomic mass is 16.5. The summed E-state index contributed by atoms with van der Waals surface area (Å²) in [4.78, 5) is 24.6. The zero-order valence-electron chi connectivity index (χ0n) is 16.0. The number of benzene rings is 2. The van der Waals surface area contributed by atoms with E-state index in [0.717, 1.165) is 16.8 Å². The second kappa shape index (κ2) is 9.33. The van der Waals surface area contributed by atoms with E-state index in [4.69, 9.17) is 9.47 Å². The minimum atomic E-state index is -0.581. The number of hydrogen-bond acceptors (Lipinski definition) is 4. The lowest BCUT2D eigenvalue weighted by atomic mass is 9.73. The molecule has 0 aromatic heterocycles. The van der Waals surface area contributed by atoms with Gasteiger partial charge in [0, 0.05) is 25.0 Å². The first-order valence-corrected chi connectivity index (χ1v) is 9.54. The van der Waals surface area contributed by atoms with Gasteiger partial charge in [0.2, 0.25) is 5.91 Å². The van der Waals surface area contributed by atoms with E-state index < -0.39 is 5.41 Å². The average Bonchev–Trinajstić information content (AvgIpc) is 2.74. The standard InChI is InChI=1S/C23H25NO4/c1-2-28-21(25)13-10-18-8-11-20(12-9-18)24-22(26)23(14-16-27-17-15-23)19-6-4-3-5-7-19/h3-13H,2,14-17H2,1H3,(H,24,26)/b13-10+. The number of nitrogens with one attached hydrogen (secondary N) is 1. The van der Waals surface area contributed by atoms with Crippen LogP contribution in [0.5, 0.6) is 0 Å². The molecule has 1 aliphatic rings. The third-order valence-corrected chi connectivity index (χ3v) is 4.97. The Kier molecular flexibility index (Phi) is 6.61. The van der Waals surface area contributed by atoms with Gasteiger partial charge in [-0.3, -0.25) is 4.79 Å². The predicted octanol–water partition coefficient (Wildman–Crippen LogP) is 3.95. The van der Waals surface area contributed by atoms with Gasteiger partial charge in [0.25, 0.3) is 0 Å². The number of ether oxygens (including phenoxy) is 2. The van der Waals surface area contributed by atoms with Gasteiger partial charge < -0.3 is 14.8 Å². The van der Waals surface area contributed by atoms with Crippen molar-refractivity contribution in [1.29, 1.82) is 0 Å². The number of hydrogen-bond donors (Lipinski definition) is 1. The summed E-state index contributed by atoms with van der Waals surface area (Å²) < 4.78 is 10.4. The summed E-state index contributed by atoms with van der Waals surface area (Å²) in [6.45, 7) is 3.26. The van der Waals surface area contributed by atoms with Crippen LogP contribution in [-0.4, -0.2) is 31.7 Å². The lowest BCUT2D eigenvalue weighted by Crippen LogP contribution is -2.44. The Balaban J connectivity index is 1.73. The topological polar surface area (TPSA) is 64.6 Å².